The second-order valence-electron chi connectivity index (χ2n) is 4.68. The molecule has 1 atom stereocenters. The molecule has 1 aromatic carbocycles. The van der Waals surface area contributed by atoms with E-state index in [-0.39, 0.29) is 6.04 Å². The standard InChI is InChI=1S/C15H14ClNO2/c1-8-5-12(9(2)18-8)15(17)14-7-10-6-11(16)3-4-13(10)19-14/h3-7,15H,17H2,1-2H3. The van der Waals surface area contributed by atoms with Gasteiger partial charge in [-0.2, -0.15) is 0 Å². The summed E-state index contributed by atoms with van der Waals surface area (Å²) >= 11 is 5.97. The Morgan fingerprint density at radius 2 is 1.89 bits per heavy atom. The van der Waals surface area contributed by atoms with Gasteiger partial charge in [-0.15, -0.1) is 0 Å². The lowest BCUT2D eigenvalue weighted by atomic mass is 10.1. The van der Waals surface area contributed by atoms with E-state index in [1.165, 1.54) is 0 Å². The van der Waals surface area contributed by atoms with Gasteiger partial charge >= 0.3 is 0 Å². The number of aryl methyl sites for hydroxylation is 2. The van der Waals surface area contributed by atoms with Gasteiger partial charge in [-0.25, -0.2) is 0 Å². The fourth-order valence-electron chi connectivity index (χ4n) is 2.30. The number of nitrogens with two attached hydrogens (primary N) is 1. The molecule has 0 saturated carbocycles. The van der Waals surface area contributed by atoms with Gasteiger partial charge in [0, 0.05) is 16.0 Å². The van der Waals surface area contributed by atoms with E-state index in [9.17, 15) is 0 Å². The van der Waals surface area contributed by atoms with Crippen LogP contribution < -0.4 is 5.73 Å². The molecule has 0 radical (unpaired) electrons. The molecule has 0 amide bonds. The summed E-state index contributed by atoms with van der Waals surface area (Å²) in [6.45, 7) is 3.81. The summed E-state index contributed by atoms with van der Waals surface area (Å²) in [5.41, 5.74) is 7.98. The Morgan fingerprint density at radius 3 is 2.58 bits per heavy atom. The zero-order valence-electron chi connectivity index (χ0n) is 10.7. The molecule has 0 aliphatic heterocycles. The minimum absolute atomic E-state index is 0.330. The lowest BCUT2D eigenvalue weighted by molar-refractivity contribution is 0.489. The molecule has 4 heteroatoms. The summed E-state index contributed by atoms with van der Waals surface area (Å²) in [6.07, 6.45) is 0. The first-order chi connectivity index (χ1) is 9.04. The number of halogens is 1. The Balaban J connectivity index is 2.06. The van der Waals surface area contributed by atoms with Gasteiger partial charge < -0.3 is 14.6 Å². The van der Waals surface area contributed by atoms with Crippen LogP contribution in [0.1, 0.15) is 28.9 Å². The number of benzene rings is 1. The zero-order valence-corrected chi connectivity index (χ0v) is 11.5. The van der Waals surface area contributed by atoms with Crippen LogP contribution in [-0.2, 0) is 0 Å². The van der Waals surface area contributed by atoms with Gasteiger partial charge in [0.25, 0.3) is 0 Å². The number of hydrogen-bond donors (Lipinski definition) is 1. The van der Waals surface area contributed by atoms with Crippen LogP contribution in [0.5, 0.6) is 0 Å². The first kappa shape index (κ1) is 12.3. The Bertz CT molecular complexity index is 742. The molecule has 2 heterocycles. The van der Waals surface area contributed by atoms with Gasteiger partial charge in [0.1, 0.15) is 22.9 Å². The van der Waals surface area contributed by atoms with E-state index in [2.05, 4.69) is 0 Å². The molecule has 3 aromatic rings. The third-order valence-corrected chi connectivity index (χ3v) is 3.45. The fraction of sp³-hybridized carbons (Fsp3) is 0.200. The predicted octanol–water partition coefficient (Wildman–Crippen LogP) is 4.34. The van der Waals surface area contributed by atoms with Crippen molar-refractivity contribution in [1.82, 2.24) is 0 Å². The second-order valence-corrected chi connectivity index (χ2v) is 5.11. The molecule has 0 aliphatic rings. The van der Waals surface area contributed by atoms with Gasteiger partial charge in [-0.05, 0) is 44.2 Å². The fourth-order valence-corrected chi connectivity index (χ4v) is 2.48. The first-order valence-electron chi connectivity index (χ1n) is 6.06. The highest BCUT2D eigenvalue weighted by atomic mass is 35.5. The van der Waals surface area contributed by atoms with E-state index < -0.39 is 0 Å². The molecule has 2 aromatic heterocycles. The summed E-state index contributed by atoms with van der Waals surface area (Å²) < 4.78 is 11.3. The smallest absolute Gasteiger partial charge is 0.134 e. The molecule has 19 heavy (non-hydrogen) atoms. The Kier molecular flexibility index (Phi) is 2.88. The summed E-state index contributed by atoms with van der Waals surface area (Å²) in [5, 5.41) is 1.64. The van der Waals surface area contributed by atoms with E-state index in [0.29, 0.717) is 10.8 Å². The lowest BCUT2D eigenvalue weighted by Gasteiger charge is -2.06. The van der Waals surface area contributed by atoms with E-state index >= 15 is 0 Å². The number of hydrogen-bond acceptors (Lipinski definition) is 3. The van der Waals surface area contributed by atoms with E-state index in [4.69, 9.17) is 26.2 Å². The quantitative estimate of drug-likeness (QED) is 0.757. The van der Waals surface area contributed by atoms with Crippen LogP contribution in [0, 0.1) is 13.8 Å². The predicted molar refractivity (Wildman–Crippen MR) is 75.4 cm³/mol. The highest BCUT2D eigenvalue weighted by Crippen LogP contribution is 2.30. The first-order valence-corrected chi connectivity index (χ1v) is 6.44. The van der Waals surface area contributed by atoms with Crippen molar-refractivity contribution in [3.63, 3.8) is 0 Å². The van der Waals surface area contributed by atoms with Crippen molar-refractivity contribution in [3.05, 3.63) is 58.2 Å². The SMILES string of the molecule is Cc1cc(C(N)c2cc3cc(Cl)ccc3o2)c(C)o1. The minimum Gasteiger partial charge on any atom is -0.466 e. The van der Waals surface area contributed by atoms with Crippen LogP contribution in [0.15, 0.2) is 39.2 Å². The second kappa shape index (κ2) is 4.44. The van der Waals surface area contributed by atoms with Gasteiger partial charge in [0.2, 0.25) is 0 Å². The van der Waals surface area contributed by atoms with Crippen molar-refractivity contribution >= 4 is 22.6 Å². The molecule has 3 nitrogen and oxygen atoms in total. The van der Waals surface area contributed by atoms with Crippen LogP contribution in [0.3, 0.4) is 0 Å². The van der Waals surface area contributed by atoms with Gasteiger partial charge in [-0.1, -0.05) is 11.6 Å². The van der Waals surface area contributed by atoms with Crippen molar-refractivity contribution in [3.8, 4) is 0 Å². The number of rotatable bonds is 2. The van der Waals surface area contributed by atoms with Gasteiger partial charge in [0.05, 0.1) is 6.04 Å². The van der Waals surface area contributed by atoms with Crippen molar-refractivity contribution in [2.45, 2.75) is 19.9 Å². The zero-order chi connectivity index (χ0) is 13.6. The topological polar surface area (TPSA) is 52.3 Å². The van der Waals surface area contributed by atoms with Crippen LogP contribution in [0.25, 0.3) is 11.0 Å². The average Bonchev–Trinajstić information content (AvgIpc) is 2.91. The molecule has 0 bridgehead atoms. The van der Waals surface area contributed by atoms with E-state index in [0.717, 1.165) is 28.1 Å². The lowest BCUT2D eigenvalue weighted by Crippen LogP contribution is -2.10. The Morgan fingerprint density at radius 1 is 1.11 bits per heavy atom. The summed E-state index contributed by atoms with van der Waals surface area (Å²) in [7, 11) is 0. The van der Waals surface area contributed by atoms with Crippen LogP contribution >= 0.6 is 11.6 Å². The maximum Gasteiger partial charge on any atom is 0.134 e. The van der Waals surface area contributed by atoms with E-state index in [1.54, 1.807) is 6.07 Å². The summed E-state index contributed by atoms with van der Waals surface area (Å²) in [6, 6.07) is 9.05. The van der Waals surface area contributed by atoms with Crippen molar-refractivity contribution < 1.29 is 8.83 Å². The Hall–Kier alpha value is -1.71. The third kappa shape index (κ3) is 2.15. The molecule has 0 fully saturated rings. The van der Waals surface area contributed by atoms with Gasteiger partial charge in [-0.3, -0.25) is 0 Å². The molecular weight excluding hydrogens is 262 g/mol. The molecule has 0 aliphatic carbocycles. The molecule has 0 spiro atoms. The summed E-state index contributed by atoms with van der Waals surface area (Å²) in [5.74, 6) is 2.38. The van der Waals surface area contributed by atoms with Crippen molar-refractivity contribution in [2.75, 3.05) is 0 Å². The maximum absolute atomic E-state index is 6.25. The monoisotopic (exact) mass is 275 g/mol. The third-order valence-electron chi connectivity index (χ3n) is 3.22. The van der Waals surface area contributed by atoms with E-state index in [1.807, 2.05) is 38.1 Å². The molecule has 3 rings (SSSR count). The number of fused-ring (bicyclic) bond motifs is 1. The summed E-state index contributed by atoms with van der Waals surface area (Å²) in [4.78, 5) is 0. The highest BCUT2D eigenvalue weighted by Gasteiger charge is 2.19. The normalized spacial score (nSPS) is 13.1. The van der Waals surface area contributed by atoms with Crippen LogP contribution in [-0.4, -0.2) is 0 Å². The van der Waals surface area contributed by atoms with Crippen LogP contribution in [0.2, 0.25) is 5.02 Å². The molecule has 2 N–H and O–H groups in total. The van der Waals surface area contributed by atoms with Crippen molar-refractivity contribution in [1.29, 1.82) is 0 Å². The maximum atomic E-state index is 6.25. The van der Waals surface area contributed by atoms with Crippen molar-refractivity contribution in [2.24, 2.45) is 5.73 Å². The van der Waals surface area contributed by atoms with Crippen LogP contribution in [0.4, 0.5) is 0 Å². The highest BCUT2D eigenvalue weighted by molar-refractivity contribution is 6.31. The molecule has 98 valence electrons. The molecule has 1 unspecified atom stereocenters. The Labute approximate surface area is 115 Å². The molecule has 0 saturated heterocycles. The molecular formula is C15H14ClNO2. The van der Waals surface area contributed by atoms with Gasteiger partial charge in [0.15, 0.2) is 0 Å². The minimum atomic E-state index is -0.330. The largest absolute Gasteiger partial charge is 0.466 e. The number of furan rings is 2. The average molecular weight is 276 g/mol.